The molecule has 0 fully saturated rings. The van der Waals surface area contributed by atoms with Gasteiger partial charge < -0.3 is 10.1 Å². The van der Waals surface area contributed by atoms with Gasteiger partial charge in [-0.15, -0.1) is 0 Å². The van der Waals surface area contributed by atoms with Gasteiger partial charge in [0, 0.05) is 0 Å². The van der Waals surface area contributed by atoms with Crippen LogP contribution < -0.4 is 5.32 Å². The number of methoxy groups -OCH3 is 1. The molecule has 0 heterocycles. The second kappa shape index (κ2) is 4.45. The van der Waals surface area contributed by atoms with E-state index in [0.717, 1.165) is 0 Å². The van der Waals surface area contributed by atoms with Crippen LogP contribution in [0.3, 0.4) is 0 Å². The molecule has 70 valence electrons. The van der Waals surface area contributed by atoms with Crippen molar-refractivity contribution in [2.75, 3.05) is 12.4 Å². The van der Waals surface area contributed by atoms with Gasteiger partial charge in [0.05, 0.1) is 12.4 Å². The minimum absolute atomic E-state index is 0.174. The maximum atomic E-state index is 11.0. The van der Waals surface area contributed by atoms with E-state index in [1.165, 1.54) is 7.11 Å². The number of rotatable bonds is 3. The molecule has 0 aliphatic carbocycles. The number of nitrogens with one attached hydrogen (secondary N) is 1. The summed E-state index contributed by atoms with van der Waals surface area (Å²) >= 11 is 2.97. The van der Waals surface area contributed by atoms with E-state index in [1.807, 2.05) is 0 Å². The summed E-state index contributed by atoms with van der Waals surface area (Å²) in [4.78, 5) is 21.9. The number of ether oxygens (including phenoxy) is 1. The second-order valence-corrected chi connectivity index (χ2v) is 3.36. The molecule has 0 radical (unpaired) electrons. The molecule has 0 rings (SSSR count). The highest BCUT2D eigenvalue weighted by Gasteiger charge is 2.29. The lowest BCUT2D eigenvalue weighted by molar-refractivity contribution is -0.149. The first-order valence-electron chi connectivity index (χ1n) is 3.39. The highest BCUT2D eigenvalue weighted by atomic mass is 79.9. The Balaban J connectivity index is 4.21. The summed E-state index contributed by atoms with van der Waals surface area (Å²) in [5.74, 6) is -0.706. The maximum Gasteiger partial charge on any atom is 0.330 e. The van der Waals surface area contributed by atoms with Gasteiger partial charge in [0.25, 0.3) is 0 Å². The molecule has 1 N–H and O–H groups in total. The van der Waals surface area contributed by atoms with Crippen molar-refractivity contribution < 1.29 is 14.3 Å². The largest absolute Gasteiger partial charge is 0.467 e. The zero-order valence-corrected chi connectivity index (χ0v) is 8.90. The van der Waals surface area contributed by atoms with Crippen LogP contribution in [-0.2, 0) is 14.3 Å². The molecular formula is C7H12BrNO3. The molecule has 0 aromatic heterocycles. The Morgan fingerprint density at radius 3 is 2.33 bits per heavy atom. The van der Waals surface area contributed by atoms with E-state index in [9.17, 15) is 9.59 Å². The first-order chi connectivity index (χ1) is 5.44. The van der Waals surface area contributed by atoms with Crippen LogP contribution in [0.15, 0.2) is 0 Å². The summed E-state index contributed by atoms with van der Waals surface area (Å²) in [6, 6.07) is 0. The quantitative estimate of drug-likeness (QED) is 0.573. The van der Waals surface area contributed by atoms with Crippen LogP contribution in [0.5, 0.6) is 0 Å². The van der Waals surface area contributed by atoms with Crippen molar-refractivity contribution >= 4 is 27.8 Å². The molecule has 5 heteroatoms. The van der Waals surface area contributed by atoms with Gasteiger partial charge in [0.15, 0.2) is 0 Å². The molecule has 0 aliphatic rings. The average molecular weight is 238 g/mol. The fraction of sp³-hybridized carbons (Fsp3) is 0.714. The van der Waals surface area contributed by atoms with E-state index in [-0.39, 0.29) is 11.2 Å². The Labute approximate surface area is 79.8 Å². The minimum atomic E-state index is -0.959. The number of esters is 1. The molecule has 0 aromatic rings. The van der Waals surface area contributed by atoms with Crippen molar-refractivity contribution in [1.29, 1.82) is 0 Å². The van der Waals surface area contributed by atoms with E-state index in [1.54, 1.807) is 13.8 Å². The van der Waals surface area contributed by atoms with Crippen molar-refractivity contribution in [2.24, 2.45) is 0 Å². The molecule has 4 nitrogen and oxygen atoms in total. The standard InChI is InChI=1S/C7H12BrNO3/c1-7(2,6(11)12-3)9-5(10)4-8/h4H2,1-3H3,(H,9,10). The van der Waals surface area contributed by atoms with Crippen molar-refractivity contribution in [1.82, 2.24) is 5.32 Å². The van der Waals surface area contributed by atoms with Crippen LogP contribution in [-0.4, -0.2) is 29.9 Å². The highest BCUT2D eigenvalue weighted by Crippen LogP contribution is 2.04. The SMILES string of the molecule is COC(=O)C(C)(C)NC(=O)CBr. The lowest BCUT2D eigenvalue weighted by Gasteiger charge is -2.22. The van der Waals surface area contributed by atoms with Crippen molar-refractivity contribution in [2.45, 2.75) is 19.4 Å². The van der Waals surface area contributed by atoms with Crippen LogP contribution in [0.25, 0.3) is 0 Å². The van der Waals surface area contributed by atoms with Crippen LogP contribution in [0.2, 0.25) is 0 Å². The van der Waals surface area contributed by atoms with Crippen molar-refractivity contribution in [3.63, 3.8) is 0 Å². The first kappa shape index (κ1) is 11.4. The number of carbonyl (C=O) groups is 2. The Morgan fingerprint density at radius 1 is 1.50 bits per heavy atom. The number of hydrogen-bond donors (Lipinski definition) is 1. The van der Waals surface area contributed by atoms with Gasteiger partial charge in [-0.1, -0.05) is 15.9 Å². The van der Waals surface area contributed by atoms with Crippen molar-refractivity contribution in [3.8, 4) is 0 Å². The maximum absolute atomic E-state index is 11.0. The lowest BCUT2D eigenvalue weighted by atomic mass is 10.1. The average Bonchev–Trinajstić information content (AvgIpc) is 2.02. The van der Waals surface area contributed by atoms with E-state index in [4.69, 9.17) is 0 Å². The number of hydrogen-bond acceptors (Lipinski definition) is 3. The van der Waals surface area contributed by atoms with Crippen LogP contribution in [0, 0.1) is 0 Å². The molecule has 0 bridgehead atoms. The van der Waals surface area contributed by atoms with E-state index < -0.39 is 11.5 Å². The molecule has 0 aromatic carbocycles. The van der Waals surface area contributed by atoms with Gasteiger partial charge in [0.2, 0.25) is 5.91 Å². The number of halogens is 1. The molecular weight excluding hydrogens is 226 g/mol. The van der Waals surface area contributed by atoms with E-state index in [2.05, 4.69) is 26.0 Å². The van der Waals surface area contributed by atoms with Gasteiger partial charge in [-0.2, -0.15) is 0 Å². The minimum Gasteiger partial charge on any atom is -0.467 e. The van der Waals surface area contributed by atoms with Crippen LogP contribution in [0.4, 0.5) is 0 Å². The molecule has 0 saturated carbocycles. The van der Waals surface area contributed by atoms with E-state index in [0.29, 0.717) is 0 Å². The predicted octanol–water partition coefficient (Wildman–Crippen LogP) is 0.449. The lowest BCUT2D eigenvalue weighted by Crippen LogP contribution is -2.50. The van der Waals surface area contributed by atoms with Gasteiger partial charge in [-0.3, -0.25) is 4.79 Å². The Hall–Kier alpha value is -0.580. The second-order valence-electron chi connectivity index (χ2n) is 2.80. The van der Waals surface area contributed by atoms with Gasteiger partial charge in [0.1, 0.15) is 5.54 Å². The normalized spacial score (nSPS) is 10.7. The summed E-state index contributed by atoms with van der Waals surface area (Å²) in [6.45, 7) is 3.17. The summed E-state index contributed by atoms with van der Waals surface area (Å²) in [5, 5.41) is 2.67. The summed E-state index contributed by atoms with van der Waals surface area (Å²) in [6.07, 6.45) is 0. The zero-order chi connectivity index (χ0) is 9.78. The third kappa shape index (κ3) is 3.21. The molecule has 0 saturated heterocycles. The summed E-state index contributed by atoms with van der Waals surface area (Å²) in [7, 11) is 1.28. The monoisotopic (exact) mass is 237 g/mol. The summed E-state index contributed by atoms with van der Waals surface area (Å²) in [5.41, 5.74) is -0.959. The van der Waals surface area contributed by atoms with Crippen LogP contribution in [0.1, 0.15) is 13.8 Å². The number of amides is 1. The predicted molar refractivity (Wildman–Crippen MR) is 48.0 cm³/mol. The Kier molecular flexibility index (Phi) is 4.23. The molecule has 1 amide bonds. The molecule has 0 unspecified atom stereocenters. The van der Waals surface area contributed by atoms with Gasteiger partial charge in [-0.05, 0) is 13.8 Å². The summed E-state index contributed by atoms with van der Waals surface area (Å²) < 4.78 is 4.49. The Morgan fingerprint density at radius 2 is 2.00 bits per heavy atom. The molecule has 0 spiro atoms. The van der Waals surface area contributed by atoms with E-state index >= 15 is 0 Å². The van der Waals surface area contributed by atoms with Gasteiger partial charge in [-0.25, -0.2) is 4.79 Å². The molecule has 12 heavy (non-hydrogen) atoms. The topological polar surface area (TPSA) is 55.4 Å². The third-order valence-electron chi connectivity index (χ3n) is 1.27. The number of alkyl halides is 1. The Bertz CT molecular complexity index is 191. The van der Waals surface area contributed by atoms with Gasteiger partial charge >= 0.3 is 5.97 Å². The highest BCUT2D eigenvalue weighted by molar-refractivity contribution is 9.09. The first-order valence-corrected chi connectivity index (χ1v) is 4.51. The third-order valence-corrected chi connectivity index (χ3v) is 1.78. The van der Waals surface area contributed by atoms with Crippen molar-refractivity contribution in [3.05, 3.63) is 0 Å². The van der Waals surface area contributed by atoms with Crippen LogP contribution >= 0.6 is 15.9 Å². The smallest absolute Gasteiger partial charge is 0.330 e. The molecule has 0 atom stereocenters. The fourth-order valence-electron chi connectivity index (χ4n) is 0.688. The number of carbonyl (C=O) groups excluding carboxylic acids is 2. The zero-order valence-electron chi connectivity index (χ0n) is 7.31. The molecule has 0 aliphatic heterocycles. The fourth-order valence-corrected chi connectivity index (χ4v) is 0.828.